The molecule has 1 amide bonds. The van der Waals surface area contributed by atoms with E-state index in [-0.39, 0.29) is 36.4 Å². The first-order valence-corrected chi connectivity index (χ1v) is 11.4. The minimum Gasteiger partial charge on any atom is -0.481 e. The minimum atomic E-state index is -4.45. The van der Waals surface area contributed by atoms with E-state index in [4.69, 9.17) is 0 Å². The van der Waals surface area contributed by atoms with Gasteiger partial charge in [-0.1, -0.05) is 6.92 Å². The van der Waals surface area contributed by atoms with E-state index in [1.807, 2.05) is 0 Å². The van der Waals surface area contributed by atoms with Gasteiger partial charge in [0.05, 0.1) is 16.9 Å². The first-order chi connectivity index (χ1) is 15.1. The molecule has 5 rings (SSSR count). The standard InChI is InChI=1S/C23H28F3N3O3/c1-13-19-9-18-15(8-16(11-27-18)23(24,25)26)12-29(19)21(32)22(13)5-2-17(10-22)28-6-3-14(4-7-28)20(30)31/h8,11,13-14,17,19H,2-7,9-10,12H2,1H3,(H,30,31)/t13?,17-,19?,22-/m0/s1. The Morgan fingerprint density at radius 1 is 1.25 bits per heavy atom. The van der Waals surface area contributed by atoms with Gasteiger partial charge in [-0.15, -0.1) is 0 Å². The Hall–Kier alpha value is -2.16. The predicted molar refractivity (Wildman–Crippen MR) is 108 cm³/mol. The van der Waals surface area contributed by atoms with Gasteiger partial charge in [0.2, 0.25) is 5.91 Å². The Kier molecular flexibility index (Phi) is 5.03. The smallest absolute Gasteiger partial charge is 0.417 e. The van der Waals surface area contributed by atoms with Crippen molar-refractivity contribution in [1.82, 2.24) is 14.8 Å². The summed E-state index contributed by atoms with van der Waals surface area (Å²) >= 11 is 0. The first-order valence-electron chi connectivity index (χ1n) is 11.4. The number of carboxylic acids is 1. The van der Waals surface area contributed by atoms with Crippen LogP contribution >= 0.6 is 0 Å². The predicted octanol–water partition coefficient (Wildman–Crippen LogP) is 3.34. The molecule has 1 aromatic rings. The lowest BCUT2D eigenvalue weighted by molar-refractivity contribution is -0.143. The van der Waals surface area contributed by atoms with Crippen molar-refractivity contribution >= 4 is 11.9 Å². The van der Waals surface area contributed by atoms with Crippen LogP contribution in [0.3, 0.4) is 0 Å². The van der Waals surface area contributed by atoms with E-state index in [9.17, 15) is 27.9 Å². The summed E-state index contributed by atoms with van der Waals surface area (Å²) in [7, 11) is 0. The third-order valence-corrected chi connectivity index (χ3v) is 8.59. The molecule has 3 aliphatic heterocycles. The molecule has 174 valence electrons. The normalized spacial score (nSPS) is 33.6. The first kappa shape index (κ1) is 21.7. The number of aromatic nitrogens is 1. The Bertz CT molecular complexity index is 944. The lowest BCUT2D eigenvalue weighted by Crippen LogP contribution is -2.43. The van der Waals surface area contributed by atoms with E-state index in [0.29, 0.717) is 30.5 Å². The van der Waals surface area contributed by atoms with Crippen molar-refractivity contribution in [3.05, 3.63) is 29.1 Å². The van der Waals surface area contributed by atoms with Crippen molar-refractivity contribution in [2.45, 2.75) is 70.3 Å². The summed E-state index contributed by atoms with van der Waals surface area (Å²) < 4.78 is 39.4. The second-order valence-corrected chi connectivity index (χ2v) is 10.0. The molecule has 6 nitrogen and oxygen atoms in total. The highest BCUT2D eigenvalue weighted by Gasteiger charge is 2.61. The van der Waals surface area contributed by atoms with Gasteiger partial charge in [-0.2, -0.15) is 13.2 Å². The van der Waals surface area contributed by atoms with Gasteiger partial charge in [0.15, 0.2) is 0 Å². The molecule has 1 aromatic heterocycles. The maximum absolute atomic E-state index is 13.6. The van der Waals surface area contributed by atoms with Crippen LogP contribution in [0.4, 0.5) is 13.2 Å². The van der Waals surface area contributed by atoms with Gasteiger partial charge in [-0.05, 0) is 62.7 Å². The van der Waals surface area contributed by atoms with E-state index in [1.165, 1.54) is 0 Å². The van der Waals surface area contributed by atoms with Crippen LogP contribution in [0.2, 0.25) is 0 Å². The number of carbonyl (C=O) groups excluding carboxylic acids is 1. The molecule has 0 aromatic carbocycles. The highest BCUT2D eigenvalue weighted by Crippen LogP contribution is 2.55. The van der Waals surface area contributed by atoms with Crippen LogP contribution in [-0.2, 0) is 28.7 Å². The average molecular weight is 451 g/mol. The molecule has 1 N–H and O–H groups in total. The van der Waals surface area contributed by atoms with Crippen molar-refractivity contribution < 1.29 is 27.9 Å². The zero-order valence-electron chi connectivity index (χ0n) is 18.1. The molecule has 32 heavy (non-hydrogen) atoms. The van der Waals surface area contributed by atoms with Gasteiger partial charge in [0, 0.05) is 36.9 Å². The molecular weight excluding hydrogens is 423 g/mol. The summed E-state index contributed by atoms with van der Waals surface area (Å²) in [5.74, 6) is -0.837. The summed E-state index contributed by atoms with van der Waals surface area (Å²) in [6, 6.07) is 1.37. The molecule has 3 fully saturated rings. The highest BCUT2D eigenvalue weighted by atomic mass is 19.4. The number of likely N-dealkylation sites (tertiary alicyclic amines) is 1. The van der Waals surface area contributed by atoms with Crippen LogP contribution in [0.25, 0.3) is 0 Å². The summed E-state index contributed by atoms with van der Waals surface area (Å²) in [5, 5.41) is 9.25. The largest absolute Gasteiger partial charge is 0.481 e. The van der Waals surface area contributed by atoms with Crippen LogP contribution < -0.4 is 0 Å². The molecule has 4 aliphatic rings. The van der Waals surface area contributed by atoms with E-state index >= 15 is 0 Å². The van der Waals surface area contributed by atoms with Gasteiger partial charge in [-0.3, -0.25) is 14.6 Å². The molecule has 4 atom stereocenters. The van der Waals surface area contributed by atoms with Crippen molar-refractivity contribution in [2.24, 2.45) is 17.3 Å². The van der Waals surface area contributed by atoms with Crippen LogP contribution in [0.5, 0.6) is 0 Å². The molecule has 0 radical (unpaired) electrons. The number of fused-ring (bicyclic) bond motifs is 2. The van der Waals surface area contributed by atoms with Gasteiger partial charge in [0.1, 0.15) is 0 Å². The molecule has 1 aliphatic carbocycles. The quantitative estimate of drug-likeness (QED) is 0.747. The Morgan fingerprint density at radius 2 is 1.97 bits per heavy atom. The van der Waals surface area contributed by atoms with Crippen LogP contribution in [0, 0.1) is 17.3 Å². The fraction of sp³-hybridized carbons (Fsp3) is 0.696. The number of alkyl halides is 3. The minimum absolute atomic E-state index is 0.0317. The molecule has 1 spiro atoms. The number of nitrogens with zero attached hydrogens (tertiary/aromatic N) is 3. The fourth-order valence-electron chi connectivity index (χ4n) is 6.62. The molecule has 2 unspecified atom stereocenters. The number of carbonyl (C=O) groups is 2. The Balaban J connectivity index is 1.33. The number of rotatable bonds is 2. The van der Waals surface area contributed by atoms with Gasteiger partial charge in [0.25, 0.3) is 0 Å². The molecule has 4 heterocycles. The second kappa shape index (κ2) is 7.43. The van der Waals surface area contributed by atoms with Crippen molar-refractivity contribution in [3.63, 3.8) is 0 Å². The zero-order valence-corrected chi connectivity index (χ0v) is 18.1. The molecule has 9 heteroatoms. The van der Waals surface area contributed by atoms with Crippen molar-refractivity contribution in [3.8, 4) is 0 Å². The topological polar surface area (TPSA) is 73.7 Å². The Labute approximate surface area is 184 Å². The van der Waals surface area contributed by atoms with E-state index < -0.39 is 23.1 Å². The third kappa shape index (κ3) is 3.31. The molecule has 2 saturated heterocycles. The monoisotopic (exact) mass is 451 g/mol. The number of amides is 1. The van der Waals surface area contributed by atoms with Gasteiger partial charge >= 0.3 is 12.1 Å². The lowest BCUT2D eigenvalue weighted by atomic mass is 9.73. The zero-order chi connectivity index (χ0) is 22.8. The molecule has 0 bridgehead atoms. The number of halogens is 3. The number of aliphatic carboxylic acids is 1. The highest BCUT2D eigenvalue weighted by molar-refractivity contribution is 5.87. The fourth-order valence-corrected chi connectivity index (χ4v) is 6.62. The molecule has 1 saturated carbocycles. The maximum Gasteiger partial charge on any atom is 0.417 e. The van der Waals surface area contributed by atoms with E-state index in [0.717, 1.165) is 44.6 Å². The summed E-state index contributed by atoms with van der Waals surface area (Å²) in [4.78, 5) is 33.1. The van der Waals surface area contributed by atoms with E-state index in [1.54, 1.807) is 4.90 Å². The van der Waals surface area contributed by atoms with Crippen LogP contribution in [0.1, 0.15) is 55.8 Å². The summed E-state index contributed by atoms with van der Waals surface area (Å²) in [5.41, 5.74) is -0.0801. The summed E-state index contributed by atoms with van der Waals surface area (Å²) in [6.07, 6.45) is 0.650. The van der Waals surface area contributed by atoms with E-state index in [2.05, 4.69) is 16.8 Å². The Morgan fingerprint density at radius 3 is 2.62 bits per heavy atom. The lowest BCUT2D eigenvalue weighted by Gasteiger charge is -2.36. The SMILES string of the molecule is CC1C2Cc3ncc(C(F)(F)F)cc3CN2C(=O)[C@]12CC[C@H](N1CCC(C(=O)O)CC1)C2. The average Bonchev–Trinajstić information content (AvgIpc) is 3.29. The second-order valence-electron chi connectivity index (χ2n) is 10.0. The number of carboxylic acid groups (broad SMARTS) is 1. The third-order valence-electron chi connectivity index (χ3n) is 8.59. The molecular formula is C23H28F3N3O3. The van der Waals surface area contributed by atoms with Crippen molar-refractivity contribution in [2.75, 3.05) is 13.1 Å². The maximum atomic E-state index is 13.6. The number of hydrogen-bond donors (Lipinski definition) is 1. The number of piperidine rings is 1. The van der Waals surface area contributed by atoms with Crippen LogP contribution in [0.15, 0.2) is 12.3 Å². The van der Waals surface area contributed by atoms with Crippen LogP contribution in [-0.4, -0.2) is 56.9 Å². The summed E-state index contributed by atoms with van der Waals surface area (Å²) in [6.45, 7) is 3.78. The van der Waals surface area contributed by atoms with Gasteiger partial charge < -0.3 is 14.9 Å². The number of pyridine rings is 1. The van der Waals surface area contributed by atoms with Crippen molar-refractivity contribution in [1.29, 1.82) is 0 Å². The number of hydrogen-bond acceptors (Lipinski definition) is 4. The van der Waals surface area contributed by atoms with Gasteiger partial charge in [-0.25, -0.2) is 0 Å².